The molecule has 12 aromatic rings. The van der Waals surface area contributed by atoms with E-state index in [0.29, 0.717) is 0 Å². The summed E-state index contributed by atoms with van der Waals surface area (Å²) in [5.41, 5.74) is 14.4. The van der Waals surface area contributed by atoms with Crippen LogP contribution in [0, 0.1) is 0 Å². The first-order valence-corrected chi connectivity index (χ1v) is 19.4. The van der Waals surface area contributed by atoms with Crippen LogP contribution in [0.1, 0.15) is 0 Å². The van der Waals surface area contributed by atoms with E-state index in [1.165, 1.54) is 98.5 Å². The van der Waals surface area contributed by atoms with E-state index in [4.69, 9.17) is 0 Å². The summed E-state index contributed by atoms with van der Waals surface area (Å²) in [5, 5.41) is 10.2. The molecule has 0 N–H and O–H groups in total. The molecule has 2 heteroatoms. The predicted octanol–water partition coefficient (Wildman–Crippen LogP) is 14.6. The summed E-state index contributed by atoms with van der Waals surface area (Å²) >= 11 is 0. The molecule has 10 aromatic carbocycles. The number of fused-ring (bicyclic) bond motifs is 3. The molecule has 0 radical (unpaired) electrons. The van der Waals surface area contributed by atoms with Gasteiger partial charge < -0.3 is 9.13 Å². The highest BCUT2D eigenvalue weighted by atomic mass is 15.0. The Kier molecular flexibility index (Phi) is 6.66. The fourth-order valence-electron chi connectivity index (χ4n) is 9.43. The molecule has 2 nitrogen and oxygen atoms in total. The second-order valence-corrected chi connectivity index (χ2v) is 14.9. The van der Waals surface area contributed by atoms with Gasteiger partial charge in [0.05, 0.1) is 22.1 Å². The van der Waals surface area contributed by atoms with Gasteiger partial charge in [-0.05, 0) is 116 Å². The topological polar surface area (TPSA) is 9.86 Å². The van der Waals surface area contributed by atoms with Gasteiger partial charge in [-0.2, -0.15) is 0 Å². The highest BCUT2D eigenvalue weighted by Gasteiger charge is 2.25. The van der Waals surface area contributed by atoms with Gasteiger partial charge >= 0.3 is 0 Å². The summed E-state index contributed by atoms with van der Waals surface area (Å²) in [6.45, 7) is 0. The maximum absolute atomic E-state index is 2.52. The number of aromatic nitrogens is 2. The molecular weight excluding hydrogens is 677 g/mol. The number of hydrogen-bond acceptors (Lipinski definition) is 0. The van der Waals surface area contributed by atoms with Crippen LogP contribution < -0.4 is 0 Å². The van der Waals surface area contributed by atoms with Crippen LogP contribution in [0.25, 0.3) is 110 Å². The summed E-state index contributed by atoms with van der Waals surface area (Å²) in [5.74, 6) is 0. The zero-order valence-corrected chi connectivity index (χ0v) is 30.5. The van der Waals surface area contributed by atoms with E-state index in [2.05, 4.69) is 215 Å². The third kappa shape index (κ3) is 4.50. The second kappa shape index (κ2) is 12.0. The number of nitrogens with zero attached hydrogens (tertiary/aromatic N) is 2. The van der Waals surface area contributed by atoms with Gasteiger partial charge in [-0.1, -0.05) is 146 Å². The highest BCUT2D eigenvalue weighted by molar-refractivity contribution is 6.39. The van der Waals surface area contributed by atoms with Crippen molar-refractivity contribution in [1.82, 2.24) is 9.13 Å². The molecule has 0 aliphatic rings. The molecule has 0 fully saturated rings. The zero-order chi connectivity index (χ0) is 36.7. The molecule has 2 aromatic heterocycles. The first-order valence-electron chi connectivity index (χ1n) is 19.4. The summed E-state index contributed by atoms with van der Waals surface area (Å²) in [6, 6.07) is 75.8. The predicted molar refractivity (Wildman–Crippen MR) is 238 cm³/mol. The quantitative estimate of drug-likeness (QED) is 0.168. The molecule has 0 unspecified atom stereocenters. The molecule has 0 aliphatic carbocycles. The molecular formula is C54H34N2. The van der Waals surface area contributed by atoms with Gasteiger partial charge in [0.1, 0.15) is 0 Å². The van der Waals surface area contributed by atoms with Crippen molar-refractivity contribution in [3.8, 4) is 44.8 Å². The van der Waals surface area contributed by atoms with Gasteiger partial charge in [0.25, 0.3) is 0 Å². The van der Waals surface area contributed by atoms with Crippen molar-refractivity contribution >= 4 is 65.2 Å². The summed E-state index contributed by atoms with van der Waals surface area (Å²) in [4.78, 5) is 0. The monoisotopic (exact) mass is 710 g/mol. The van der Waals surface area contributed by atoms with Crippen molar-refractivity contribution in [3.63, 3.8) is 0 Å². The smallest absolute Gasteiger partial charge is 0.0553 e. The van der Waals surface area contributed by atoms with Crippen LogP contribution in [0.5, 0.6) is 0 Å². The van der Waals surface area contributed by atoms with Crippen LogP contribution in [-0.4, -0.2) is 9.13 Å². The zero-order valence-electron chi connectivity index (χ0n) is 30.5. The molecule has 0 saturated heterocycles. The minimum atomic E-state index is 1.14. The van der Waals surface area contributed by atoms with Crippen molar-refractivity contribution in [2.75, 3.05) is 0 Å². The molecule has 56 heavy (non-hydrogen) atoms. The number of hydrogen-bond donors (Lipinski definition) is 0. The van der Waals surface area contributed by atoms with Gasteiger partial charge in [0.2, 0.25) is 0 Å². The van der Waals surface area contributed by atoms with E-state index in [1.54, 1.807) is 0 Å². The largest absolute Gasteiger partial charge is 0.309 e. The molecule has 0 aliphatic heterocycles. The molecule has 0 spiro atoms. The lowest BCUT2D eigenvalue weighted by Crippen LogP contribution is -1.95. The molecule has 0 bridgehead atoms. The van der Waals surface area contributed by atoms with E-state index in [0.717, 1.165) is 11.4 Å². The average Bonchev–Trinajstić information content (AvgIpc) is 3.80. The third-order valence-corrected chi connectivity index (χ3v) is 11.8. The lowest BCUT2D eigenvalue weighted by molar-refractivity contribution is 1.17. The molecule has 0 saturated carbocycles. The van der Waals surface area contributed by atoms with Crippen molar-refractivity contribution in [3.05, 3.63) is 206 Å². The SMILES string of the molecule is c1ccc(-c2cccc(-c3cccc(-n4c5cc(-c6ccccc6)cc6c7ccccc7c7cccc8c7c7c(c65)c4ccc7n8-c4ccccc4)c3)c2)cc1. The normalized spacial score (nSPS) is 11.9. The summed E-state index contributed by atoms with van der Waals surface area (Å²) < 4.78 is 4.98. The van der Waals surface area contributed by atoms with Crippen LogP contribution >= 0.6 is 0 Å². The van der Waals surface area contributed by atoms with Crippen LogP contribution in [0.3, 0.4) is 0 Å². The Bertz CT molecular complexity index is 3440. The fraction of sp³-hybridized carbons (Fsp3) is 0. The minimum Gasteiger partial charge on any atom is -0.309 e. The van der Waals surface area contributed by atoms with E-state index in [-0.39, 0.29) is 0 Å². The maximum Gasteiger partial charge on any atom is 0.0553 e. The van der Waals surface area contributed by atoms with Gasteiger partial charge in [-0.25, -0.2) is 0 Å². The lowest BCUT2D eigenvalue weighted by Gasteiger charge is -2.13. The molecule has 260 valence electrons. The first-order chi connectivity index (χ1) is 27.8. The fourth-order valence-corrected chi connectivity index (χ4v) is 9.43. The van der Waals surface area contributed by atoms with E-state index in [9.17, 15) is 0 Å². The third-order valence-electron chi connectivity index (χ3n) is 11.8. The molecule has 2 heterocycles. The van der Waals surface area contributed by atoms with E-state index in [1.807, 2.05) is 0 Å². The Morgan fingerprint density at radius 1 is 0.214 bits per heavy atom. The maximum atomic E-state index is 2.52. The van der Waals surface area contributed by atoms with Gasteiger partial charge in [0, 0.05) is 32.9 Å². The Morgan fingerprint density at radius 2 is 0.661 bits per heavy atom. The number of rotatable bonds is 5. The molecule has 12 rings (SSSR count). The van der Waals surface area contributed by atoms with E-state index >= 15 is 0 Å². The second-order valence-electron chi connectivity index (χ2n) is 14.9. The number of para-hydroxylation sites is 1. The Hall–Kier alpha value is -7.42. The lowest BCUT2D eigenvalue weighted by atomic mass is 9.92. The van der Waals surface area contributed by atoms with Crippen LogP contribution in [0.4, 0.5) is 0 Å². The summed E-state index contributed by atoms with van der Waals surface area (Å²) in [6.07, 6.45) is 0. The van der Waals surface area contributed by atoms with Crippen molar-refractivity contribution in [1.29, 1.82) is 0 Å². The van der Waals surface area contributed by atoms with Crippen LogP contribution in [0.15, 0.2) is 206 Å². The summed E-state index contributed by atoms with van der Waals surface area (Å²) in [7, 11) is 0. The van der Waals surface area contributed by atoms with Gasteiger partial charge in [0.15, 0.2) is 0 Å². The standard InChI is InChI=1S/C54H34N2/c1-4-15-35(16-5-1)37-19-12-20-38(31-37)39-21-13-24-42(32-39)56-49-30-29-48-53-51-45(27-14-28-47(51)55(48)41-22-8-3-9-23-41)43-25-10-11-26-44(43)46-33-40(36-17-6-2-7-18-36)34-50(56)52(46)54(49)53/h1-34H. The Morgan fingerprint density at radius 3 is 1.36 bits per heavy atom. The molecule has 0 amide bonds. The van der Waals surface area contributed by atoms with Gasteiger partial charge in [-0.3, -0.25) is 0 Å². The van der Waals surface area contributed by atoms with Crippen LogP contribution in [-0.2, 0) is 0 Å². The molecule has 0 atom stereocenters. The average molecular weight is 711 g/mol. The minimum absolute atomic E-state index is 1.14. The highest BCUT2D eigenvalue weighted by Crippen LogP contribution is 2.49. The number of benzene rings is 9. The van der Waals surface area contributed by atoms with E-state index < -0.39 is 0 Å². The first kappa shape index (κ1) is 31.0. The Labute approximate surface area is 324 Å². The Balaban J connectivity index is 1.25. The van der Waals surface area contributed by atoms with Crippen LogP contribution in [0.2, 0.25) is 0 Å². The van der Waals surface area contributed by atoms with Gasteiger partial charge in [-0.15, -0.1) is 0 Å². The van der Waals surface area contributed by atoms with Crippen molar-refractivity contribution in [2.45, 2.75) is 0 Å². The van der Waals surface area contributed by atoms with Crippen molar-refractivity contribution in [2.24, 2.45) is 0 Å². The van der Waals surface area contributed by atoms with Crippen molar-refractivity contribution < 1.29 is 0 Å².